The van der Waals surface area contributed by atoms with Gasteiger partial charge in [0.05, 0.1) is 5.88 Å². The maximum atomic E-state index is 12.9. The number of carbonyl (C=O) groups is 1. The summed E-state index contributed by atoms with van der Waals surface area (Å²) in [5.41, 5.74) is 0. The third-order valence-corrected chi connectivity index (χ3v) is 7.92. The number of hydrogen-bond acceptors (Lipinski definition) is 4. The standard InChI is InChI=1S/C14H25N3O3S2/c1-12-5-4-8-16(9-12)22(19,20)17-11-21-10-13(17)14(18)15-6-2-3-7-15/h12-13H,2-11H2,1H3/t12-,13+/m1/s1. The Morgan fingerprint density at radius 1 is 1.14 bits per heavy atom. The van der Waals surface area contributed by atoms with Crippen LogP contribution in [0.3, 0.4) is 0 Å². The molecular formula is C14H25N3O3S2. The summed E-state index contributed by atoms with van der Waals surface area (Å²) < 4.78 is 28.9. The first kappa shape index (κ1) is 16.5. The van der Waals surface area contributed by atoms with Crippen molar-refractivity contribution in [2.75, 3.05) is 37.8 Å². The van der Waals surface area contributed by atoms with Crippen molar-refractivity contribution < 1.29 is 13.2 Å². The molecule has 0 spiro atoms. The van der Waals surface area contributed by atoms with Gasteiger partial charge >= 0.3 is 0 Å². The molecule has 2 atom stereocenters. The van der Waals surface area contributed by atoms with E-state index in [0.29, 0.717) is 30.6 Å². The minimum absolute atomic E-state index is 0.00358. The summed E-state index contributed by atoms with van der Waals surface area (Å²) in [6.45, 7) is 4.79. The van der Waals surface area contributed by atoms with Crippen LogP contribution in [-0.2, 0) is 15.0 Å². The van der Waals surface area contributed by atoms with Gasteiger partial charge in [-0.05, 0) is 31.6 Å². The van der Waals surface area contributed by atoms with Crippen molar-refractivity contribution in [3.63, 3.8) is 0 Å². The lowest BCUT2D eigenvalue weighted by Crippen LogP contribution is -2.54. The molecule has 0 radical (unpaired) electrons. The molecule has 3 aliphatic rings. The topological polar surface area (TPSA) is 60.9 Å². The van der Waals surface area contributed by atoms with Gasteiger partial charge in [-0.2, -0.15) is 17.0 Å². The zero-order valence-corrected chi connectivity index (χ0v) is 14.7. The summed E-state index contributed by atoms with van der Waals surface area (Å²) in [6, 6.07) is -0.509. The normalized spacial score (nSPS) is 31.8. The molecule has 0 aromatic heterocycles. The molecule has 0 aromatic carbocycles. The predicted molar refractivity (Wildman–Crippen MR) is 87.7 cm³/mol. The average Bonchev–Trinajstić information content (AvgIpc) is 3.18. The number of amides is 1. The van der Waals surface area contributed by atoms with Crippen LogP contribution in [0.4, 0.5) is 0 Å². The minimum Gasteiger partial charge on any atom is -0.341 e. The molecule has 8 heteroatoms. The van der Waals surface area contributed by atoms with E-state index < -0.39 is 16.3 Å². The van der Waals surface area contributed by atoms with Crippen LogP contribution in [0.1, 0.15) is 32.6 Å². The van der Waals surface area contributed by atoms with Gasteiger partial charge in [0, 0.05) is 31.9 Å². The fourth-order valence-corrected chi connectivity index (χ4v) is 6.95. The van der Waals surface area contributed by atoms with Gasteiger partial charge in [-0.15, -0.1) is 11.8 Å². The van der Waals surface area contributed by atoms with Crippen molar-refractivity contribution in [3.8, 4) is 0 Å². The highest BCUT2D eigenvalue weighted by Gasteiger charge is 2.44. The fraction of sp³-hybridized carbons (Fsp3) is 0.929. The van der Waals surface area contributed by atoms with Crippen LogP contribution in [0.2, 0.25) is 0 Å². The van der Waals surface area contributed by atoms with Crippen LogP contribution in [0.15, 0.2) is 0 Å². The molecule has 0 bridgehead atoms. The zero-order chi connectivity index (χ0) is 15.7. The first-order valence-corrected chi connectivity index (χ1v) is 10.7. The lowest BCUT2D eigenvalue weighted by molar-refractivity contribution is -0.133. The third kappa shape index (κ3) is 3.16. The van der Waals surface area contributed by atoms with Crippen LogP contribution >= 0.6 is 11.8 Å². The largest absolute Gasteiger partial charge is 0.341 e. The first-order chi connectivity index (χ1) is 10.5. The van der Waals surface area contributed by atoms with Crippen molar-refractivity contribution in [1.29, 1.82) is 0 Å². The summed E-state index contributed by atoms with van der Waals surface area (Å²) in [4.78, 5) is 14.5. The van der Waals surface area contributed by atoms with Gasteiger partial charge in [-0.3, -0.25) is 4.79 Å². The van der Waals surface area contributed by atoms with Gasteiger partial charge in [-0.1, -0.05) is 6.92 Å². The highest BCUT2D eigenvalue weighted by molar-refractivity contribution is 8.00. The van der Waals surface area contributed by atoms with Crippen molar-refractivity contribution in [1.82, 2.24) is 13.5 Å². The van der Waals surface area contributed by atoms with E-state index in [0.717, 1.165) is 38.8 Å². The van der Waals surface area contributed by atoms with Crippen molar-refractivity contribution in [2.24, 2.45) is 5.92 Å². The summed E-state index contributed by atoms with van der Waals surface area (Å²) in [5.74, 6) is 1.37. The van der Waals surface area contributed by atoms with E-state index in [-0.39, 0.29) is 5.91 Å². The van der Waals surface area contributed by atoms with E-state index in [9.17, 15) is 13.2 Å². The molecule has 126 valence electrons. The number of nitrogens with zero attached hydrogens (tertiary/aromatic N) is 3. The lowest BCUT2D eigenvalue weighted by Gasteiger charge is -2.35. The van der Waals surface area contributed by atoms with E-state index in [1.807, 2.05) is 4.90 Å². The number of piperidine rings is 1. The molecule has 22 heavy (non-hydrogen) atoms. The molecule has 0 unspecified atom stereocenters. The molecule has 3 heterocycles. The highest BCUT2D eigenvalue weighted by Crippen LogP contribution is 2.30. The van der Waals surface area contributed by atoms with E-state index >= 15 is 0 Å². The Kier molecular flexibility index (Phi) is 5.01. The zero-order valence-electron chi connectivity index (χ0n) is 13.1. The predicted octanol–water partition coefficient (Wildman–Crippen LogP) is 0.960. The van der Waals surface area contributed by atoms with Crippen LogP contribution in [-0.4, -0.2) is 71.7 Å². The lowest BCUT2D eigenvalue weighted by atomic mass is 10.0. The summed E-state index contributed by atoms with van der Waals surface area (Å²) in [5, 5.41) is 0. The molecule has 0 saturated carbocycles. The Labute approximate surface area is 137 Å². The number of hydrogen-bond donors (Lipinski definition) is 0. The molecular weight excluding hydrogens is 322 g/mol. The van der Waals surface area contributed by atoms with Crippen molar-refractivity contribution in [3.05, 3.63) is 0 Å². The van der Waals surface area contributed by atoms with E-state index in [1.165, 1.54) is 4.31 Å². The van der Waals surface area contributed by atoms with Gasteiger partial charge < -0.3 is 4.90 Å². The van der Waals surface area contributed by atoms with Crippen LogP contribution in [0.25, 0.3) is 0 Å². The molecule has 3 aliphatic heterocycles. The minimum atomic E-state index is -3.52. The number of carbonyl (C=O) groups excluding carboxylic acids is 1. The Morgan fingerprint density at radius 2 is 1.86 bits per heavy atom. The van der Waals surface area contributed by atoms with Crippen molar-refractivity contribution >= 4 is 27.9 Å². The maximum absolute atomic E-state index is 12.9. The van der Waals surface area contributed by atoms with E-state index in [4.69, 9.17) is 0 Å². The molecule has 0 aliphatic carbocycles. The van der Waals surface area contributed by atoms with Crippen LogP contribution in [0.5, 0.6) is 0 Å². The Bertz CT molecular complexity index is 519. The summed E-state index contributed by atoms with van der Waals surface area (Å²) in [7, 11) is -3.52. The van der Waals surface area contributed by atoms with Crippen LogP contribution < -0.4 is 0 Å². The second-order valence-corrected chi connectivity index (χ2v) is 9.43. The smallest absolute Gasteiger partial charge is 0.283 e. The van der Waals surface area contributed by atoms with Gasteiger partial charge in [0.1, 0.15) is 6.04 Å². The SMILES string of the molecule is C[C@@H]1CCCN(S(=O)(=O)N2CSC[C@H]2C(=O)N2CCCC2)C1. The maximum Gasteiger partial charge on any atom is 0.283 e. The Morgan fingerprint density at radius 3 is 2.55 bits per heavy atom. The second-order valence-electron chi connectivity index (χ2n) is 6.55. The molecule has 0 aromatic rings. The van der Waals surface area contributed by atoms with E-state index in [1.54, 1.807) is 16.1 Å². The molecule has 3 fully saturated rings. The van der Waals surface area contributed by atoms with Gasteiger partial charge in [0.25, 0.3) is 10.2 Å². The summed E-state index contributed by atoms with van der Waals surface area (Å²) in [6.07, 6.45) is 4.05. The third-order valence-electron chi connectivity index (χ3n) is 4.79. The molecule has 3 rings (SSSR count). The monoisotopic (exact) mass is 347 g/mol. The van der Waals surface area contributed by atoms with E-state index in [2.05, 4.69) is 6.92 Å². The molecule has 1 amide bonds. The highest BCUT2D eigenvalue weighted by atomic mass is 32.2. The summed E-state index contributed by atoms with van der Waals surface area (Å²) >= 11 is 1.54. The van der Waals surface area contributed by atoms with Crippen LogP contribution in [0, 0.1) is 5.92 Å². The van der Waals surface area contributed by atoms with Gasteiger partial charge in [-0.25, -0.2) is 0 Å². The Balaban J connectivity index is 1.75. The molecule has 3 saturated heterocycles. The molecule has 6 nitrogen and oxygen atoms in total. The van der Waals surface area contributed by atoms with Gasteiger partial charge in [0.15, 0.2) is 0 Å². The quantitative estimate of drug-likeness (QED) is 0.763. The molecule has 0 N–H and O–H groups in total. The number of rotatable bonds is 3. The Hall–Kier alpha value is -0.310. The van der Waals surface area contributed by atoms with Gasteiger partial charge in [0.2, 0.25) is 5.91 Å². The number of likely N-dealkylation sites (tertiary alicyclic amines) is 1. The fourth-order valence-electron chi connectivity index (χ4n) is 3.50. The second kappa shape index (κ2) is 6.67. The number of thioether (sulfide) groups is 1. The van der Waals surface area contributed by atoms with Crippen molar-refractivity contribution in [2.45, 2.75) is 38.6 Å². The average molecular weight is 348 g/mol. The first-order valence-electron chi connectivity index (χ1n) is 8.13.